The number of sulfonamides is 1. The summed E-state index contributed by atoms with van der Waals surface area (Å²) in [6, 6.07) is 4.45. The highest BCUT2D eigenvalue weighted by atomic mass is 32.2. The van der Waals surface area contributed by atoms with Crippen molar-refractivity contribution in [3.8, 4) is 5.75 Å². The summed E-state index contributed by atoms with van der Waals surface area (Å²) >= 11 is 0. The van der Waals surface area contributed by atoms with Gasteiger partial charge in [0, 0.05) is 13.0 Å². The third-order valence-corrected chi connectivity index (χ3v) is 5.66. The van der Waals surface area contributed by atoms with E-state index in [1.165, 1.54) is 37.7 Å². The van der Waals surface area contributed by atoms with E-state index < -0.39 is 10.0 Å². The molecule has 0 aromatic heterocycles. The Bertz CT molecular complexity index is 741. The zero-order valence-corrected chi connectivity index (χ0v) is 15.6. The average molecular weight is 366 g/mol. The minimum Gasteiger partial charge on any atom is -0.495 e. The van der Waals surface area contributed by atoms with E-state index in [4.69, 9.17) is 4.74 Å². The molecule has 1 aliphatic rings. The predicted octanol–water partition coefficient (Wildman–Crippen LogP) is 3.21. The van der Waals surface area contributed by atoms with E-state index in [1.54, 1.807) is 13.0 Å². The number of rotatable bonds is 8. The molecule has 0 heterocycles. The first kappa shape index (κ1) is 19.5. The van der Waals surface area contributed by atoms with Gasteiger partial charge in [-0.1, -0.05) is 18.6 Å². The summed E-state index contributed by atoms with van der Waals surface area (Å²) in [5.74, 6) is 0.221. The van der Waals surface area contributed by atoms with E-state index in [0.717, 1.165) is 19.3 Å². The van der Waals surface area contributed by atoms with Gasteiger partial charge in [0.1, 0.15) is 5.75 Å². The number of amides is 1. The molecule has 1 aliphatic carbocycles. The van der Waals surface area contributed by atoms with E-state index in [0.29, 0.717) is 24.4 Å². The molecule has 0 saturated carbocycles. The molecule has 1 aromatic rings. The first-order valence-electron chi connectivity index (χ1n) is 8.61. The number of methoxy groups -OCH3 is 1. The highest BCUT2D eigenvalue weighted by molar-refractivity contribution is 7.89. The standard InChI is InChI=1S/C18H26N2O4S/c1-3-18(21)20-16-13-15(9-10-17(16)24-2)25(22,23)19-12-11-14-7-5-4-6-8-14/h7,9-10,13,19H,3-6,8,11-12H2,1-2H3,(H,20,21). The van der Waals surface area contributed by atoms with Crippen LogP contribution < -0.4 is 14.8 Å². The monoisotopic (exact) mass is 366 g/mol. The van der Waals surface area contributed by atoms with Crippen LogP contribution >= 0.6 is 0 Å². The molecule has 6 nitrogen and oxygen atoms in total. The fourth-order valence-electron chi connectivity index (χ4n) is 2.75. The van der Waals surface area contributed by atoms with E-state index in [2.05, 4.69) is 16.1 Å². The van der Waals surface area contributed by atoms with Crippen LogP contribution in [0.15, 0.2) is 34.7 Å². The highest BCUT2D eigenvalue weighted by Crippen LogP contribution is 2.27. The van der Waals surface area contributed by atoms with Gasteiger partial charge < -0.3 is 10.1 Å². The second-order valence-corrected chi connectivity index (χ2v) is 7.79. The summed E-state index contributed by atoms with van der Waals surface area (Å²) < 4.78 is 32.8. The normalized spacial score (nSPS) is 14.7. The van der Waals surface area contributed by atoms with Crippen LogP contribution in [-0.4, -0.2) is 28.0 Å². The molecule has 0 unspecified atom stereocenters. The number of anilines is 1. The Kier molecular flexibility index (Phi) is 7.01. The Morgan fingerprint density at radius 3 is 2.72 bits per heavy atom. The van der Waals surface area contributed by atoms with Crippen LogP contribution in [0.2, 0.25) is 0 Å². The molecule has 2 N–H and O–H groups in total. The summed E-state index contributed by atoms with van der Waals surface area (Å²) in [5, 5.41) is 2.67. The van der Waals surface area contributed by atoms with Gasteiger partial charge >= 0.3 is 0 Å². The van der Waals surface area contributed by atoms with Crippen LogP contribution in [0.1, 0.15) is 45.4 Å². The van der Waals surface area contributed by atoms with Crippen molar-refractivity contribution in [1.82, 2.24) is 4.72 Å². The zero-order chi connectivity index (χ0) is 18.3. The minimum atomic E-state index is -3.64. The molecular formula is C18H26N2O4S. The van der Waals surface area contributed by atoms with Crippen molar-refractivity contribution in [2.24, 2.45) is 0 Å². The number of benzene rings is 1. The number of carbonyl (C=O) groups is 1. The largest absolute Gasteiger partial charge is 0.495 e. The van der Waals surface area contributed by atoms with Crippen molar-refractivity contribution in [3.05, 3.63) is 29.8 Å². The van der Waals surface area contributed by atoms with E-state index >= 15 is 0 Å². The van der Waals surface area contributed by atoms with Crippen LogP contribution in [0.4, 0.5) is 5.69 Å². The van der Waals surface area contributed by atoms with Crippen LogP contribution in [0.5, 0.6) is 5.75 Å². The molecule has 2 rings (SSSR count). The number of ether oxygens (including phenoxy) is 1. The van der Waals surface area contributed by atoms with Crippen molar-refractivity contribution >= 4 is 21.6 Å². The third kappa shape index (κ3) is 5.57. The molecule has 1 amide bonds. The van der Waals surface area contributed by atoms with Crippen LogP contribution in [0, 0.1) is 0 Å². The van der Waals surface area contributed by atoms with Crippen molar-refractivity contribution in [1.29, 1.82) is 0 Å². The minimum absolute atomic E-state index is 0.109. The Balaban J connectivity index is 2.08. The highest BCUT2D eigenvalue weighted by Gasteiger charge is 2.17. The molecule has 0 saturated heterocycles. The lowest BCUT2D eigenvalue weighted by Gasteiger charge is -2.14. The first-order chi connectivity index (χ1) is 12.0. The maximum Gasteiger partial charge on any atom is 0.240 e. The summed E-state index contributed by atoms with van der Waals surface area (Å²) in [6.07, 6.45) is 7.77. The average Bonchev–Trinajstić information content (AvgIpc) is 2.62. The predicted molar refractivity (Wildman–Crippen MR) is 98.3 cm³/mol. The molecular weight excluding hydrogens is 340 g/mol. The number of allylic oxidation sites excluding steroid dienone is 1. The van der Waals surface area contributed by atoms with Gasteiger partial charge in [0.2, 0.25) is 15.9 Å². The Hall–Kier alpha value is -1.86. The topological polar surface area (TPSA) is 84.5 Å². The van der Waals surface area contributed by atoms with Crippen LogP contribution in [0.3, 0.4) is 0 Å². The van der Waals surface area contributed by atoms with Crippen LogP contribution in [0.25, 0.3) is 0 Å². The first-order valence-corrected chi connectivity index (χ1v) is 10.1. The molecule has 0 fully saturated rings. The van der Waals surface area contributed by atoms with Gasteiger partial charge in [-0.25, -0.2) is 13.1 Å². The van der Waals surface area contributed by atoms with Crippen molar-refractivity contribution in [2.75, 3.05) is 19.0 Å². The lowest BCUT2D eigenvalue weighted by atomic mass is 9.97. The lowest BCUT2D eigenvalue weighted by molar-refractivity contribution is -0.115. The van der Waals surface area contributed by atoms with Gasteiger partial charge in [-0.3, -0.25) is 4.79 Å². The lowest BCUT2D eigenvalue weighted by Crippen LogP contribution is -2.25. The van der Waals surface area contributed by atoms with E-state index in [1.807, 2.05) is 0 Å². The second-order valence-electron chi connectivity index (χ2n) is 6.02. The van der Waals surface area contributed by atoms with Gasteiger partial charge in [-0.05, 0) is 50.3 Å². The van der Waals surface area contributed by atoms with Gasteiger partial charge in [0.05, 0.1) is 17.7 Å². The van der Waals surface area contributed by atoms with E-state index in [-0.39, 0.29) is 10.8 Å². The zero-order valence-electron chi connectivity index (χ0n) is 14.8. The van der Waals surface area contributed by atoms with Gasteiger partial charge in [0.25, 0.3) is 0 Å². The quantitative estimate of drug-likeness (QED) is 0.692. The van der Waals surface area contributed by atoms with Crippen LogP contribution in [-0.2, 0) is 14.8 Å². The van der Waals surface area contributed by atoms with Gasteiger partial charge in [-0.15, -0.1) is 0 Å². The smallest absolute Gasteiger partial charge is 0.240 e. The molecule has 0 bridgehead atoms. The molecule has 0 spiro atoms. The maximum atomic E-state index is 12.5. The molecule has 0 aliphatic heterocycles. The maximum absolute atomic E-state index is 12.5. The molecule has 0 atom stereocenters. The Morgan fingerprint density at radius 1 is 1.28 bits per heavy atom. The molecule has 0 radical (unpaired) electrons. The van der Waals surface area contributed by atoms with Crippen molar-refractivity contribution in [2.45, 2.75) is 50.3 Å². The van der Waals surface area contributed by atoms with Gasteiger partial charge in [0.15, 0.2) is 0 Å². The Labute approximate surface area is 149 Å². The Morgan fingerprint density at radius 2 is 2.08 bits per heavy atom. The number of carbonyl (C=O) groups excluding carboxylic acids is 1. The van der Waals surface area contributed by atoms with Gasteiger partial charge in [-0.2, -0.15) is 0 Å². The fraction of sp³-hybridized carbons (Fsp3) is 0.500. The summed E-state index contributed by atoms with van der Waals surface area (Å²) in [6.45, 7) is 2.10. The SMILES string of the molecule is CCC(=O)Nc1cc(S(=O)(=O)NCCC2=CCCCC2)ccc1OC. The number of hydrogen-bond acceptors (Lipinski definition) is 4. The number of hydrogen-bond donors (Lipinski definition) is 2. The van der Waals surface area contributed by atoms with E-state index in [9.17, 15) is 13.2 Å². The number of nitrogens with one attached hydrogen (secondary N) is 2. The molecule has 7 heteroatoms. The molecule has 25 heavy (non-hydrogen) atoms. The molecule has 1 aromatic carbocycles. The third-order valence-electron chi connectivity index (χ3n) is 4.20. The van der Waals surface area contributed by atoms with Crippen molar-refractivity contribution in [3.63, 3.8) is 0 Å². The summed E-state index contributed by atoms with van der Waals surface area (Å²) in [5.41, 5.74) is 1.67. The molecule has 138 valence electrons. The summed E-state index contributed by atoms with van der Waals surface area (Å²) in [7, 11) is -2.16. The summed E-state index contributed by atoms with van der Waals surface area (Å²) in [4.78, 5) is 11.7. The second kappa shape index (κ2) is 9.01. The fourth-order valence-corrected chi connectivity index (χ4v) is 3.81. The van der Waals surface area contributed by atoms with Crippen molar-refractivity contribution < 1.29 is 17.9 Å².